The number of carbonyl (C=O) groups excluding carboxylic acids is 2. The van der Waals surface area contributed by atoms with Crippen LogP contribution in [0.25, 0.3) is 0 Å². The molecule has 0 saturated carbocycles. The van der Waals surface area contributed by atoms with Crippen LogP contribution >= 0.6 is 0 Å². The van der Waals surface area contributed by atoms with Gasteiger partial charge in [-0.15, -0.1) is 0 Å². The molecule has 0 fully saturated rings. The monoisotopic (exact) mass is 381 g/mol. The molecule has 1 N–H and O–H groups in total. The van der Waals surface area contributed by atoms with Crippen LogP contribution in [-0.4, -0.2) is 28.2 Å². The van der Waals surface area contributed by atoms with E-state index in [1.165, 1.54) is 6.92 Å². The van der Waals surface area contributed by atoms with Gasteiger partial charge in [0.1, 0.15) is 0 Å². The van der Waals surface area contributed by atoms with E-state index in [-0.39, 0.29) is 18.2 Å². The van der Waals surface area contributed by atoms with Gasteiger partial charge in [0.25, 0.3) is 0 Å². The van der Waals surface area contributed by atoms with Gasteiger partial charge >= 0.3 is 0 Å². The standard InChI is InChI=1S/C23H31N3O2/c1-16(2)20-10-8-11-21(17(3)4)23(20)25-22(28)12-14-26(18(5)27)15-19-9-6-7-13-24-19/h6-11,13,16-17H,12,14-15H2,1-5H3,(H,25,28). The fourth-order valence-electron chi connectivity index (χ4n) is 3.17. The van der Waals surface area contributed by atoms with Crippen molar-refractivity contribution in [3.8, 4) is 0 Å². The number of aromatic nitrogens is 1. The highest BCUT2D eigenvalue weighted by Gasteiger charge is 2.17. The normalized spacial score (nSPS) is 11.0. The highest BCUT2D eigenvalue weighted by Crippen LogP contribution is 2.32. The fraction of sp³-hybridized carbons (Fsp3) is 0.435. The lowest BCUT2D eigenvalue weighted by Gasteiger charge is -2.22. The molecular formula is C23H31N3O2. The van der Waals surface area contributed by atoms with Crippen LogP contribution in [0.15, 0.2) is 42.6 Å². The minimum Gasteiger partial charge on any atom is -0.337 e. The molecule has 0 radical (unpaired) electrons. The maximum atomic E-state index is 12.7. The third kappa shape index (κ3) is 5.91. The molecule has 5 nitrogen and oxygen atoms in total. The number of para-hydroxylation sites is 1. The molecule has 1 aromatic heterocycles. The number of carbonyl (C=O) groups is 2. The fourth-order valence-corrected chi connectivity index (χ4v) is 3.17. The number of pyridine rings is 1. The third-order valence-corrected chi connectivity index (χ3v) is 4.77. The lowest BCUT2D eigenvalue weighted by Crippen LogP contribution is -2.32. The minimum atomic E-state index is -0.0812. The molecule has 2 rings (SSSR count). The van der Waals surface area contributed by atoms with Gasteiger partial charge < -0.3 is 10.2 Å². The third-order valence-electron chi connectivity index (χ3n) is 4.77. The highest BCUT2D eigenvalue weighted by atomic mass is 16.2. The molecule has 0 aliphatic heterocycles. The van der Waals surface area contributed by atoms with Crippen molar-refractivity contribution in [2.24, 2.45) is 0 Å². The van der Waals surface area contributed by atoms with E-state index in [1.54, 1.807) is 11.1 Å². The van der Waals surface area contributed by atoms with Crippen LogP contribution in [0.2, 0.25) is 0 Å². The number of amides is 2. The predicted octanol–water partition coefficient (Wildman–Crippen LogP) is 4.71. The summed E-state index contributed by atoms with van der Waals surface area (Å²) >= 11 is 0. The van der Waals surface area contributed by atoms with Crippen LogP contribution in [0.3, 0.4) is 0 Å². The molecule has 0 atom stereocenters. The van der Waals surface area contributed by atoms with Gasteiger partial charge in [0.15, 0.2) is 0 Å². The van der Waals surface area contributed by atoms with E-state index in [2.05, 4.69) is 50.1 Å². The van der Waals surface area contributed by atoms with E-state index in [0.29, 0.717) is 24.9 Å². The average molecular weight is 382 g/mol. The van der Waals surface area contributed by atoms with E-state index in [4.69, 9.17) is 0 Å². The molecule has 2 amide bonds. The number of benzene rings is 1. The quantitative estimate of drug-likeness (QED) is 0.720. The zero-order valence-electron chi connectivity index (χ0n) is 17.5. The first-order chi connectivity index (χ1) is 13.3. The van der Waals surface area contributed by atoms with Gasteiger partial charge in [-0.25, -0.2) is 0 Å². The molecule has 0 saturated heterocycles. The zero-order chi connectivity index (χ0) is 20.7. The minimum absolute atomic E-state index is 0.0658. The summed E-state index contributed by atoms with van der Waals surface area (Å²) < 4.78 is 0. The van der Waals surface area contributed by atoms with E-state index in [1.807, 2.05) is 24.3 Å². The van der Waals surface area contributed by atoms with Gasteiger partial charge in [0.05, 0.1) is 12.2 Å². The van der Waals surface area contributed by atoms with Gasteiger partial charge in [-0.3, -0.25) is 14.6 Å². The molecule has 1 heterocycles. The predicted molar refractivity (Wildman–Crippen MR) is 113 cm³/mol. The van der Waals surface area contributed by atoms with Crippen molar-refractivity contribution in [3.63, 3.8) is 0 Å². The summed E-state index contributed by atoms with van der Waals surface area (Å²) in [6.45, 7) is 10.8. The van der Waals surface area contributed by atoms with Crippen LogP contribution in [0.1, 0.15) is 69.7 Å². The Morgan fingerprint density at radius 1 is 1.00 bits per heavy atom. The smallest absolute Gasteiger partial charge is 0.226 e. The Bertz CT molecular complexity index is 774. The van der Waals surface area contributed by atoms with E-state index < -0.39 is 0 Å². The first-order valence-electron chi connectivity index (χ1n) is 9.87. The Hall–Kier alpha value is -2.69. The van der Waals surface area contributed by atoms with Gasteiger partial charge in [-0.05, 0) is 35.1 Å². The molecule has 0 bridgehead atoms. The maximum Gasteiger partial charge on any atom is 0.226 e. The van der Waals surface area contributed by atoms with Crippen molar-refractivity contribution in [2.75, 3.05) is 11.9 Å². The van der Waals surface area contributed by atoms with Crippen molar-refractivity contribution in [1.29, 1.82) is 0 Å². The summed E-state index contributed by atoms with van der Waals surface area (Å²) in [7, 11) is 0. The molecule has 150 valence electrons. The Morgan fingerprint density at radius 3 is 2.14 bits per heavy atom. The van der Waals surface area contributed by atoms with E-state index in [9.17, 15) is 9.59 Å². The number of hydrogen-bond acceptors (Lipinski definition) is 3. The van der Waals surface area contributed by atoms with Crippen molar-refractivity contribution < 1.29 is 9.59 Å². The lowest BCUT2D eigenvalue weighted by molar-refractivity contribution is -0.130. The van der Waals surface area contributed by atoms with Gasteiger partial charge in [0, 0.05) is 31.8 Å². The number of anilines is 1. The van der Waals surface area contributed by atoms with Gasteiger partial charge in [-0.1, -0.05) is 52.0 Å². The second kappa shape index (κ2) is 10.0. The molecule has 28 heavy (non-hydrogen) atoms. The highest BCUT2D eigenvalue weighted by molar-refractivity contribution is 5.93. The Morgan fingerprint density at radius 2 is 1.64 bits per heavy atom. The SMILES string of the molecule is CC(=O)N(CCC(=O)Nc1c(C(C)C)cccc1C(C)C)Cc1ccccn1. The molecule has 1 aromatic carbocycles. The topological polar surface area (TPSA) is 62.3 Å². The average Bonchev–Trinajstić information content (AvgIpc) is 2.65. The summed E-state index contributed by atoms with van der Waals surface area (Å²) in [5, 5.41) is 3.11. The molecule has 5 heteroatoms. The summed E-state index contributed by atoms with van der Waals surface area (Å²) in [6.07, 6.45) is 1.95. The first-order valence-corrected chi connectivity index (χ1v) is 9.87. The largest absolute Gasteiger partial charge is 0.337 e. The molecule has 0 aliphatic carbocycles. The second-order valence-corrected chi connectivity index (χ2v) is 7.68. The van der Waals surface area contributed by atoms with Gasteiger partial charge in [0.2, 0.25) is 11.8 Å². The Kier molecular flexibility index (Phi) is 7.73. The number of hydrogen-bond donors (Lipinski definition) is 1. The molecular weight excluding hydrogens is 350 g/mol. The first kappa shape index (κ1) is 21.6. The number of nitrogens with one attached hydrogen (secondary N) is 1. The van der Waals surface area contributed by atoms with Crippen molar-refractivity contribution >= 4 is 17.5 Å². The van der Waals surface area contributed by atoms with Crippen LogP contribution < -0.4 is 5.32 Å². The molecule has 0 spiro atoms. The molecule has 2 aromatic rings. The summed E-state index contributed by atoms with van der Waals surface area (Å²) in [4.78, 5) is 30.6. The Labute approximate surface area is 168 Å². The number of nitrogens with zero attached hydrogens (tertiary/aromatic N) is 2. The maximum absolute atomic E-state index is 12.7. The number of rotatable bonds is 8. The van der Waals surface area contributed by atoms with Crippen LogP contribution in [0.5, 0.6) is 0 Å². The second-order valence-electron chi connectivity index (χ2n) is 7.68. The van der Waals surface area contributed by atoms with Crippen molar-refractivity contribution in [2.45, 2.75) is 59.4 Å². The summed E-state index contributed by atoms with van der Waals surface area (Å²) in [5.41, 5.74) is 4.00. The van der Waals surface area contributed by atoms with E-state index in [0.717, 1.165) is 22.5 Å². The van der Waals surface area contributed by atoms with E-state index >= 15 is 0 Å². The van der Waals surface area contributed by atoms with Crippen LogP contribution in [-0.2, 0) is 16.1 Å². The van der Waals surface area contributed by atoms with Gasteiger partial charge in [-0.2, -0.15) is 0 Å². The van der Waals surface area contributed by atoms with Crippen molar-refractivity contribution in [3.05, 3.63) is 59.4 Å². The molecule has 0 aliphatic rings. The lowest BCUT2D eigenvalue weighted by atomic mass is 9.92. The van der Waals surface area contributed by atoms with Crippen molar-refractivity contribution in [1.82, 2.24) is 9.88 Å². The molecule has 0 unspecified atom stereocenters. The van der Waals surface area contributed by atoms with Crippen LogP contribution in [0.4, 0.5) is 5.69 Å². The van der Waals surface area contributed by atoms with Crippen LogP contribution in [0, 0.1) is 0 Å². The summed E-state index contributed by atoms with van der Waals surface area (Å²) in [5.74, 6) is 0.477. The zero-order valence-corrected chi connectivity index (χ0v) is 17.5. The summed E-state index contributed by atoms with van der Waals surface area (Å²) in [6, 6.07) is 11.8. The Balaban J connectivity index is 2.08.